The van der Waals surface area contributed by atoms with Crippen molar-refractivity contribution in [2.45, 2.75) is 6.92 Å². The molecule has 0 aliphatic heterocycles. The smallest absolute Gasteiger partial charge is 0.274 e. The molecule has 0 aliphatic rings. The van der Waals surface area contributed by atoms with Gasteiger partial charge in [-0.25, -0.2) is 8.42 Å². The second kappa shape index (κ2) is 7.83. The van der Waals surface area contributed by atoms with Gasteiger partial charge >= 0.3 is 0 Å². The Bertz CT molecular complexity index is 962. The number of nitro groups is 1. The number of anilines is 2. The normalized spacial score (nSPS) is 11.0. The summed E-state index contributed by atoms with van der Waals surface area (Å²) in [7, 11) is -3.84. The summed E-state index contributed by atoms with van der Waals surface area (Å²) in [5.41, 5.74) is 0.529. The summed E-state index contributed by atoms with van der Waals surface area (Å²) in [5.74, 6) is -0.570. The van der Waals surface area contributed by atoms with Crippen LogP contribution in [0.4, 0.5) is 17.1 Å². The summed E-state index contributed by atoms with van der Waals surface area (Å²) in [6.07, 6.45) is 0.942. The lowest BCUT2D eigenvalue weighted by molar-refractivity contribution is -0.385. The molecule has 0 spiro atoms. The van der Waals surface area contributed by atoms with E-state index in [0.29, 0.717) is 5.69 Å². The zero-order chi connectivity index (χ0) is 19.5. The molecule has 0 fully saturated rings. The van der Waals surface area contributed by atoms with Crippen LogP contribution >= 0.6 is 15.9 Å². The third-order valence-electron chi connectivity index (χ3n) is 3.54. The van der Waals surface area contributed by atoms with Crippen LogP contribution in [0.5, 0.6) is 0 Å². The number of nitro benzene ring substituents is 1. The van der Waals surface area contributed by atoms with Gasteiger partial charge in [-0.05, 0) is 31.2 Å². The highest BCUT2D eigenvalue weighted by Crippen LogP contribution is 2.29. The molecule has 0 unspecified atom stereocenters. The largest absolute Gasteiger partial charge is 0.324 e. The SMILES string of the molecule is Cc1c(N(CC(=O)Nc2cccc(Br)c2)S(C)(=O)=O)cccc1[N+](=O)[O-]. The predicted octanol–water partition coefficient (Wildman–Crippen LogP) is 3.07. The van der Waals surface area contributed by atoms with Gasteiger partial charge in [0.05, 0.1) is 22.4 Å². The van der Waals surface area contributed by atoms with Crippen LogP contribution in [0.3, 0.4) is 0 Å². The number of benzene rings is 2. The highest BCUT2D eigenvalue weighted by atomic mass is 79.9. The lowest BCUT2D eigenvalue weighted by atomic mass is 10.1. The zero-order valence-corrected chi connectivity index (χ0v) is 16.4. The van der Waals surface area contributed by atoms with Crippen LogP contribution in [0.25, 0.3) is 0 Å². The van der Waals surface area contributed by atoms with Crippen LogP contribution in [0, 0.1) is 17.0 Å². The van der Waals surface area contributed by atoms with E-state index in [-0.39, 0.29) is 16.9 Å². The number of hydrogen-bond donors (Lipinski definition) is 1. The topological polar surface area (TPSA) is 110 Å². The molecule has 0 saturated heterocycles. The molecule has 2 aromatic carbocycles. The quantitative estimate of drug-likeness (QED) is 0.546. The van der Waals surface area contributed by atoms with Gasteiger partial charge in [-0.2, -0.15) is 0 Å². The van der Waals surface area contributed by atoms with Gasteiger partial charge in [-0.1, -0.05) is 28.1 Å². The molecule has 0 saturated carbocycles. The molecule has 0 atom stereocenters. The predicted molar refractivity (Wildman–Crippen MR) is 103 cm³/mol. The summed E-state index contributed by atoms with van der Waals surface area (Å²) in [6.45, 7) is 0.936. The van der Waals surface area contributed by atoms with Crippen molar-refractivity contribution < 1.29 is 18.1 Å². The molecule has 2 aromatic rings. The monoisotopic (exact) mass is 441 g/mol. The molecule has 1 amide bonds. The molecule has 0 aliphatic carbocycles. The van der Waals surface area contributed by atoms with E-state index in [0.717, 1.165) is 15.0 Å². The van der Waals surface area contributed by atoms with Crippen molar-refractivity contribution in [2.24, 2.45) is 0 Å². The number of hydrogen-bond acceptors (Lipinski definition) is 5. The van der Waals surface area contributed by atoms with E-state index < -0.39 is 27.4 Å². The Morgan fingerprint density at radius 2 is 1.92 bits per heavy atom. The Morgan fingerprint density at radius 3 is 2.50 bits per heavy atom. The fraction of sp³-hybridized carbons (Fsp3) is 0.188. The minimum Gasteiger partial charge on any atom is -0.324 e. The van der Waals surface area contributed by atoms with Crippen LogP contribution in [-0.2, 0) is 14.8 Å². The van der Waals surface area contributed by atoms with Gasteiger partial charge in [0, 0.05) is 16.2 Å². The van der Waals surface area contributed by atoms with E-state index in [2.05, 4.69) is 21.2 Å². The fourth-order valence-corrected chi connectivity index (χ4v) is 3.66. The number of amides is 1. The molecule has 0 bridgehead atoms. The molecule has 26 heavy (non-hydrogen) atoms. The van der Waals surface area contributed by atoms with Crippen LogP contribution < -0.4 is 9.62 Å². The second-order valence-corrected chi connectivity index (χ2v) is 8.33. The highest BCUT2D eigenvalue weighted by Gasteiger charge is 2.25. The average Bonchev–Trinajstić information content (AvgIpc) is 2.52. The molecule has 0 aromatic heterocycles. The van der Waals surface area contributed by atoms with Gasteiger partial charge in [-0.3, -0.25) is 19.2 Å². The Balaban J connectivity index is 2.34. The third kappa shape index (κ3) is 4.79. The van der Waals surface area contributed by atoms with E-state index in [1.165, 1.54) is 25.1 Å². The molecule has 10 heteroatoms. The Labute approximate surface area is 159 Å². The highest BCUT2D eigenvalue weighted by molar-refractivity contribution is 9.10. The molecule has 1 N–H and O–H groups in total. The molecule has 138 valence electrons. The number of rotatable bonds is 6. The van der Waals surface area contributed by atoms with Gasteiger partial charge in [0.15, 0.2) is 0 Å². The minimum absolute atomic E-state index is 0.0890. The van der Waals surface area contributed by atoms with Crippen molar-refractivity contribution in [3.05, 3.63) is 62.6 Å². The standard InChI is InChI=1S/C16H16BrN3O5S/c1-11-14(7-4-8-15(11)20(22)23)19(26(2,24)25)10-16(21)18-13-6-3-5-12(17)9-13/h3-9H,10H2,1-2H3,(H,18,21). The van der Waals surface area contributed by atoms with Crippen LogP contribution in [0.15, 0.2) is 46.9 Å². The number of carbonyl (C=O) groups is 1. The van der Waals surface area contributed by atoms with Crippen molar-refractivity contribution >= 4 is 48.9 Å². The lowest BCUT2D eigenvalue weighted by Crippen LogP contribution is -2.38. The Kier molecular flexibility index (Phi) is 5.98. The van der Waals surface area contributed by atoms with Gasteiger partial charge in [0.25, 0.3) is 5.69 Å². The average molecular weight is 442 g/mol. The van der Waals surface area contributed by atoms with Crippen LogP contribution in [0.1, 0.15) is 5.56 Å². The van der Waals surface area contributed by atoms with Crippen molar-refractivity contribution in [3.63, 3.8) is 0 Å². The van der Waals surface area contributed by atoms with E-state index in [1.54, 1.807) is 24.3 Å². The first kappa shape index (κ1) is 19.9. The van der Waals surface area contributed by atoms with Crippen molar-refractivity contribution in [1.82, 2.24) is 0 Å². The minimum atomic E-state index is -3.84. The maximum Gasteiger partial charge on any atom is 0.274 e. The summed E-state index contributed by atoms with van der Waals surface area (Å²) in [5, 5.41) is 13.7. The third-order valence-corrected chi connectivity index (χ3v) is 5.16. The van der Waals surface area contributed by atoms with Crippen LogP contribution in [-0.4, -0.2) is 32.0 Å². The fourth-order valence-electron chi connectivity index (χ4n) is 2.36. The maximum absolute atomic E-state index is 12.3. The lowest BCUT2D eigenvalue weighted by Gasteiger charge is -2.23. The second-order valence-electron chi connectivity index (χ2n) is 5.51. The number of halogens is 1. The summed E-state index contributed by atoms with van der Waals surface area (Å²) in [4.78, 5) is 22.8. The van der Waals surface area contributed by atoms with Gasteiger partial charge < -0.3 is 5.32 Å². The number of nitrogens with one attached hydrogen (secondary N) is 1. The molecular weight excluding hydrogens is 426 g/mol. The Morgan fingerprint density at radius 1 is 1.27 bits per heavy atom. The molecule has 2 rings (SSSR count). The summed E-state index contributed by atoms with van der Waals surface area (Å²) < 4.78 is 26.0. The van der Waals surface area contributed by atoms with E-state index in [1.807, 2.05) is 0 Å². The Hall–Kier alpha value is -2.46. The molecule has 0 radical (unpaired) electrons. The first-order chi connectivity index (χ1) is 12.1. The number of sulfonamides is 1. The van der Waals surface area contributed by atoms with Crippen molar-refractivity contribution in [1.29, 1.82) is 0 Å². The van der Waals surface area contributed by atoms with Crippen LogP contribution in [0.2, 0.25) is 0 Å². The summed E-state index contributed by atoms with van der Waals surface area (Å²) in [6, 6.07) is 10.9. The summed E-state index contributed by atoms with van der Waals surface area (Å²) >= 11 is 3.28. The zero-order valence-electron chi connectivity index (χ0n) is 14.0. The molecule has 0 heterocycles. The van der Waals surface area contributed by atoms with Crippen molar-refractivity contribution in [2.75, 3.05) is 22.4 Å². The molecule has 8 nitrogen and oxygen atoms in total. The van der Waals surface area contributed by atoms with Crippen molar-refractivity contribution in [3.8, 4) is 0 Å². The maximum atomic E-state index is 12.3. The number of carbonyl (C=O) groups excluding carboxylic acids is 1. The first-order valence-electron chi connectivity index (χ1n) is 7.36. The van der Waals surface area contributed by atoms with E-state index >= 15 is 0 Å². The van der Waals surface area contributed by atoms with E-state index in [4.69, 9.17) is 0 Å². The first-order valence-corrected chi connectivity index (χ1v) is 10.0. The molecular formula is C16H16BrN3O5S. The number of nitrogens with zero attached hydrogens (tertiary/aromatic N) is 2. The van der Waals surface area contributed by atoms with Gasteiger partial charge in [0.2, 0.25) is 15.9 Å². The van der Waals surface area contributed by atoms with E-state index in [9.17, 15) is 23.3 Å². The van der Waals surface area contributed by atoms with Gasteiger partial charge in [-0.15, -0.1) is 0 Å². The van der Waals surface area contributed by atoms with Gasteiger partial charge in [0.1, 0.15) is 6.54 Å².